The van der Waals surface area contributed by atoms with Crippen LogP contribution in [-0.2, 0) is 53.9 Å². The Kier molecular flexibility index (Phi) is 18.1. The van der Waals surface area contributed by atoms with Crippen LogP contribution in [0.3, 0.4) is 0 Å². The molecule has 17 nitrogen and oxygen atoms in total. The standard InChI is InChI=1S/C47H76N6O11SSi/c1-15-33-47(11)36(35(44(57)63-47)41(48)52-59-25-34-50-51-42(65-34)31-21-19-20-22-49-31)28(7)37(54)26(5)24-46(10,58-14)40(29(8)38(55)30(9)43(56)61-33)62-45-39(64-66(16-2,17-3)18-4)32(53(12)13)23-27(6)60-45/h19-22,26-30,32-33,35-36,38-40,45,55H,15-18,23-25H2,1-14H3,(H2,48,52)/t26-,27-,28-,29+,30-,32+,33+,35-,36+,38-,39-,40-,45?,46-,47+/m1/s1. The van der Waals surface area contributed by atoms with E-state index in [-0.39, 0.29) is 43.2 Å². The second-order valence-corrected chi connectivity index (χ2v) is 25.1. The topological polar surface area (TPSA) is 216 Å². The first-order valence-electron chi connectivity index (χ1n) is 23.7. The Morgan fingerprint density at radius 3 is 2.29 bits per heavy atom. The van der Waals surface area contributed by atoms with E-state index in [2.05, 4.69) is 46.0 Å². The molecule has 3 aliphatic heterocycles. The molecule has 0 spiro atoms. The van der Waals surface area contributed by atoms with E-state index in [1.54, 1.807) is 47.1 Å². The summed E-state index contributed by atoms with van der Waals surface area (Å²) >= 11 is 1.27. The number of hydrogen-bond donors (Lipinski definition) is 2. The minimum Gasteiger partial charge on any atom is -0.458 e. The van der Waals surface area contributed by atoms with Gasteiger partial charge in [0.25, 0.3) is 0 Å². The average Bonchev–Trinajstić information content (AvgIpc) is 3.89. The van der Waals surface area contributed by atoms with Crippen LogP contribution in [0.1, 0.15) is 100 Å². The molecule has 0 saturated carbocycles. The van der Waals surface area contributed by atoms with E-state index in [0.29, 0.717) is 15.7 Å². The van der Waals surface area contributed by atoms with Crippen LogP contribution in [0.2, 0.25) is 18.1 Å². The fraction of sp³-hybridized carbons (Fsp3) is 0.766. The Morgan fingerprint density at radius 2 is 1.70 bits per heavy atom. The fourth-order valence-electron chi connectivity index (χ4n) is 10.6. The molecule has 3 aliphatic rings. The van der Waals surface area contributed by atoms with Crippen molar-refractivity contribution in [3.8, 4) is 10.7 Å². The van der Waals surface area contributed by atoms with Crippen molar-refractivity contribution in [1.82, 2.24) is 20.1 Å². The number of pyridine rings is 1. The van der Waals surface area contributed by atoms with Crippen molar-refractivity contribution in [1.29, 1.82) is 0 Å². The number of ether oxygens (including phenoxy) is 5. The highest BCUT2D eigenvalue weighted by molar-refractivity contribution is 7.14. The molecule has 0 radical (unpaired) electrons. The lowest BCUT2D eigenvalue weighted by atomic mass is 9.67. The third-order valence-corrected chi connectivity index (χ3v) is 20.5. The number of carbonyl (C=O) groups excluding carboxylic acids is 3. The third kappa shape index (κ3) is 11.2. The van der Waals surface area contributed by atoms with Crippen LogP contribution in [0.15, 0.2) is 29.6 Å². The molecule has 2 aromatic heterocycles. The highest BCUT2D eigenvalue weighted by atomic mass is 32.1. The molecular weight excluding hydrogens is 885 g/mol. The van der Waals surface area contributed by atoms with Crippen LogP contribution < -0.4 is 5.73 Å². The van der Waals surface area contributed by atoms with Crippen molar-refractivity contribution < 1.29 is 52.4 Å². The number of aliphatic hydroxyl groups excluding tert-OH is 1. The van der Waals surface area contributed by atoms with Gasteiger partial charge in [0.05, 0.1) is 29.8 Å². The van der Waals surface area contributed by atoms with Crippen molar-refractivity contribution in [2.24, 2.45) is 46.4 Å². The van der Waals surface area contributed by atoms with Gasteiger partial charge in [0, 0.05) is 43.0 Å². The molecule has 2 aromatic rings. The second kappa shape index (κ2) is 22.3. The molecule has 0 aliphatic carbocycles. The normalized spacial score (nSPS) is 36.4. The monoisotopic (exact) mass is 961 g/mol. The van der Waals surface area contributed by atoms with Gasteiger partial charge in [-0.3, -0.25) is 19.4 Å². The summed E-state index contributed by atoms with van der Waals surface area (Å²) in [6.07, 6.45) is -2.04. The summed E-state index contributed by atoms with van der Waals surface area (Å²) in [7, 11) is 3.41. The first-order valence-corrected chi connectivity index (χ1v) is 27.0. The van der Waals surface area contributed by atoms with Gasteiger partial charge in [0.15, 0.2) is 42.7 Å². The lowest BCUT2D eigenvalue weighted by Gasteiger charge is -2.50. The summed E-state index contributed by atoms with van der Waals surface area (Å²) in [5.74, 6) is -7.45. The van der Waals surface area contributed by atoms with Crippen LogP contribution in [0.5, 0.6) is 0 Å². The quantitative estimate of drug-likeness (QED) is 0.0651. The molecule has 19 heteroatoms. The lowest BCUT2D eigenvalue weighted by Crippen LogP contribution is -2.62. The number of fused-ring (bicyclic) bond motifs is 1. The summed E-state index contributed by atoms with van der Waals surface area (Å²) in [6, 6.07) is 8.20. The van der Waals surface area contributed by atoms with E-state index < -0.39 is 97.7 Å². The molecule has 5 rings (SSSR count). The van der Waals surface area contributed by atoms with Crippen LogP contribution in [0, 0.1) is 35.5 Å². The van der Waals surface area contributed by atoms with E-state index in [1.807, 2.05) is 53.9 Å². The van der Waals surface area contributed by atoms with Gasteiger partial charge in [0.1, 0.15) is 29.6 Å². The Hall–Kier alpha value is -3.43. The SMILES string of the molecule is CC[C@@H]1OC(=O)[C@H](C)[C@H](O)[C@H](C)[C@@H](OC2O[C@H](C)C[C@H](N(C)C)[C@H]2O[Si](CC)(CC)CC)[C@](C)(OC)C[C@@H](C)C(=O)[C@H](C)[C@H]2[C@H](/C(N)=N/OCc3nnc(-c4ccccn4)s3)C(=O)O[C@]21C. The molecule has 0 bridgehead atoms. The lowest BCUT2D eigenvalue weighted by molar-refractivity contribution is -0.298. The van der Waals surface area contributed by atoms with Gasteiger partial charge in [-0.1, -0.05) is 71.0 Å². The maximum absolute atomic E-state index is 15.0. The zero-order chi connectivity index (χ0) is 48.9. The number of likely N-dealkylation sites (N-methyl/N-ethyl adjacent to an activating group) is 1. The van der Waals surface area contributed by atoms with E-state index in [9.17, 15) is 14.7 Å². The highest BCUT2D eigenvalue weighted by Gasteiger charge is 2.63. The smallest absolute Gasteiger partial charge is 0.317 e. The van der Waals surface area contributed by atoms with Gasteiger partial charge in [0.2, 0.25) is 0 Å². The molecule has 3 N–H and O–H groups in total. The van der Waals surface area contributed by atoms with Crippen LogP contribution in [-0.4, -0.2) is 132 Å². The van der Waals surface area contributed by atoms with Gasteiger partial charge in [-0.2, -0.15) is 0 Å². The number of ketones is 1. The number of aliphatic hydroxyl groups is 1. The van der Waals surface area contributed by atoms with Gasteiger partial charge in [-0.25, -0.2) is 0 Å². The fourth-order valence-corrected chi connectivity index (χ4v) is 14.2. The zero-order valence-electron chi connectivity index (χ0n) is 41.5. The molecule has 15 atom stereocenters. The maximum Gasteiger partial charge on any atom is 0.317 e. The molecule has 0 amide bonds. The van der Waals surface area contributed by atoms with Crippen molar-refractivity contribution >= 4 is 43.2 Å². The Balaban J connectivity index is 1.52. The number of esters is 2. The minimum atomic E-state index is -2.22. The molecule has 1 unspecified atom stereocenters. The number of oxime groups is 1. The summed E-state index contributed by atoms with van der Waals surface area (Å²) in [5.41, 5.74) is 4.52. The van der Waals surface area contributed by atoms with Crippen molar-refractivity contribution in [3.05, 3.63) is 29.4 Å². The Bertz CT molecular complexity index is 1970. The van der Waals surface area contributed by atoms with Crippen molar-refractivity contribution in [2.45, 2.75) is 174 Å². The van der Waals surface area contributed by atoms with Gasteiger partial charge >= 0.3 is 11.9 Å². The van der Waals surface area contributed by atoms with E-state index in [4.69, 9.17) is 38.7 Å². The molecule has 66 heavy (non-hydrogen) atoms. The summed E-state index contributed by atoms with van der Waals surface area (Å²) in [4.78, 5) is 55.5. The van der Waals surface area contributed by atoms with Crippen LogP contribution in [0.4, 0.5) is 0 Å². The number of aromatic nitrogens is 3. The molecule has 3 fully saturated rings. The number of nitrogens with zero attached hydrogens (tertiary/aromatic N) is 5. The highest BCUT2D eigenvalue weighted by Crippen LogP contribution is 2.48. The second-order valence-electron chi connectivity index (χ2n) is 19.4. The number of Topliss-reactive ketones (excluding diaryl/α,β-unsaturated/α-hetero) is 1. The minimum absolute atomic E-state index is 0.0431. The number of methoxy groups -OCH3 is 1. The van der Waals surface area contributed by atoms with Gasteiger partial charge in [-0.05, 0) is 91.3 Å². The third-order valence-electron chi connectivity index (χ3n) is 14.9. The molecule has 0 aromatic carbocycles. The number of hydrogen-bond acceptors (Lipinski definition) is 17. The predicted octanol–water partition coefficient (Wildman–Crippen LogP) is 6.38. The van der Waals surface area contributed by atoms with Crippen molar-refractivity contribution in [3.63, 3.8) is 0 Å². The summed E-state index contributed by atoms with van der Waals surface area (Å²) < 4.78 is 39.9. The molecule has 370 valence electrons. The largest absolute Gasteiger partial charge is 0.458 e. The molecular formula is C47H76N6O11SSi. The van der Waals surface area contributed by atoms with Gasteiger partial charge < -0.3 is 48.7 Å². The average molecular weight is 961 g/mol. The summed E-state index contributed by atoms with van der Waals surface area (Å²) in [5, 5.41) is 25.9. The molecule has 5 heterocycles. The number of carbonyl (C=O) groups is 3. The predicted molar refractivity (Wildman–Crippen MR) is 252 cm³/mol. The van der Waals surface area contributed by atoms with E-state index in [0.717, 1.165) is 24.6 Å². The number of cyclic esters (lactones) is 1. The Morgan fingerprint density at radius 1 is 1.02 bits per heavy atom. The molecule has 3 saturated heterocycles. The number of rotatable bonds is 15. The first-order chi connectivity index (χ1) is 31.1. The maximum atomic E-state index is 15.0. The van der Waals surface area contributed by atoms with Crippen LogP contribution >= 0.6 is 11.3 Å². The van der Waals surface area contributed by atoms with Crippen molar-refractivity contribution in [2.75, 3.05) is 21.2 Å². The number of amidine groups is 1. The Labute approximate surface area is 396 Å². The van der Waals surface area contributed by atoms with Crippen LogP contribution in [0.25, 0.3) is 10.7 Å². The van der Waals surface area contributed by atoms with E-state index >= 15 is 4.79 Å². The van der Waals surface area contributed by atoms with Gasteiger partial charge in [-0.15, -0.1) is 10.2 Å². The summed E-state index contributed by atoms with van der Waals surface area (Å²) in [6.45, 7) is 20.8. The first kappa shape index (κ1) is 53.5. The zero-order valence-corrected chi connectivity index (χ0v) is 43.3. The van der Waals surface area contributed by atoms with E-state index in [1.165, 1.54) is 11.3 Å². The number of nitrogens with two attached hydrogens (primary N) is 1.